The molecule has 2 rings (SSSR count). The summed E-state index contributed by atoms with van der Waals surface area (Å²) in [6.45, 7) is 0.513. The molecule has 0 spiro atoms. The highest BCUT2D eigenvalue weighted by Crippen LogP contribution is 2.29. The zero-order chi connectivity index (χ0) is 10.7. The molecule has 0 saturated carbocycles. The Morgan fingerprint density at radius 3 is 3.00 bits per heavy atom. The molecule has 1 atom stereocenters. The fourth-order valence-electron chi connectivity index (χ4n) is 1.76. The number of methoxy groups -OCH3 is 1. The summed E-state index contributed by atoms with van der Waals surface area (Å²) in [6.07, 6.45) is 0.858. The maximum atomic E-state index is 5.54. The minimum atomic E-state index is 0.194. The number of hydrazone groups is 1. The molecule has 1 aromatic rings. The van der Waals surface area contributed by atoms with Crippen molar-refractivity contribution in [2.24, 2.45) is 10.8 Å². The highest BCUT2D eigenvalue weighted by atomic mass is 16.5. The third-order valence-electron chi connectivity index (χ3n) is 2.57. The van der Waals surface area contributed by atoms with Crippen LogP contribution in [0.1, 0.15) is 18.0 Å². The van der Waals surface area contributed by atoms with Gasteiger partial charge < -0.3 is 15.9 Å². The molecule has 1 heterocycles. The van der Waals surface area contributed by atoms with Crippen molar-refractivity contribution in [2.45, 2.75) is 12.5 Å². The zero-order valence-corrected chi connectivity index (χ0v) is 8.73. The van der Waals surface area contributed by atoms with Crippen molar-refractivity contribution in [1.29, 1.82) is 0 Å². The summed E-state index contributed by atoms with van der Waals surface area (Å²) in [4.78, 5) is 0. The van der Waals surface area contributed by atoms with Gasteiger partial charge in [-0.05, 0) is 6.07 Å². The van der Waals surface area contributed by atoms with Gasteiger partial charge in [0.15, 0.2) is 0 Å². The Hall–Kier alpha value is -1.55. The molecule has 0 fully saturated rings. The van der Waals surface area contributed by atoms with Crippen molar-refractivity contribution in [1.82, 2.24) is 5.43 Å². The second-order valence-electron chi connectivity index (χ2n) is 3.51. The fraction of sp³-hybridized carbons (Fsp3) is 0.364. The number of hydrogen-bond acceptors (Lipinski definition) is 4. The first kappa shape index (κ1) is 9.98. The standard InChI is InChI=1S/C11H15N3O/c1-15-11-5-3-2-4-9(11)10-6-8(7-12)13-14-10/h2-5,10,14H,6-7,12H2,1H3. The quantitative estimate of drug-likeness (QED) is 0.775. The number of ether oxygens (including phenoxy) is 1. The van der Waals surface area contributed by atoms with Gasteiger partial charge in [-0.15, -0.1) is 0 Å². The molecule has 4 heteroatoms. The van der Waals surface area contributed by atoms with Crippen LogP contribution in [0.2, 0.25) is 0 Å². The zero-order valence-electron chi connectivity index (χ0n) is 8.73. The predicted octanol–water partition coefficient (Wildman–Crippen LogP) is 1.04. The molecule has 1 aliphatic heterocycles. The lowest BCUT2D eigenvalue weighted by Gasteiger charge is -2.14. The van der Waals surface area contributed by atoms with Gasteiger partial charge in [-0.1, -0.05) is 18.2 Å². The second-order valence-corrected chi connectivity index (χ2v) is 3.51. The summed E-state index contributed by atoms with van der Waals surface area (Å²) in [5, 5.41) is 4.17. The average molecular weight is 205 g/mol. The summed E-state index contributed by atoms with van der Waals surface area (Å²) in [5.74, 6) is 0.892. The molecule has 1 unspecified atom stereocenters. The molecule has 3 N–H and O–H groups in total. The molecule has 0 aromatic heterocycles. The lowest BCUT2D eigenvalue weighted by molar-refractivity contribution is 0.402. The first-order valence-electron chi connectivity index (χ1n) is 4.99. The number of rotatable bonds is 3. The third kappa shape index (κ3) is 1.94. The highest BCUT2D eigenvalue weighted by Gasteiger charge is 2.21. The van der Waals surface area contributed by atoms with E-state index in [1.54, 1.807) is 7.11 Å². The second kappa shape index (κ2) is 4.31. The van der Waals surface area contributed by atoms with Crippen molar-refractivity contribution < 1.29 is 4.74 Å². The van der Waals surface area contributed by atoms with Crippen molar-refractivity contribution in [3.05, 3.63) is 29.8 Å². The Labute approximate surface area is 89.1 Å². The molecule has 1 aliphatic rings. The topological polar surface area (TPSA) is 59.6 Å². The van der Waals surface area contributed by atoms with Crippen LogP contribution in [0.5, 0.6) is 5.75 Å². The first-order valence-corrected chi connectivity index (χ1v) is 4.99. The van der Waals surface area contributed by atoms with Crippen LogP contribution in [0, 0.1) is 0 Å². The van der Waals surface area contributed by atoms with E-state index in [4.69, 9.17) is 10.5 Å². The van der Waals surface area contributed by atoms with Crippen LogP contribution in [0.3, 0.4) is 0 Å². The number of para-hydroxylation sites is 1. The normalized spacial score (nSPS) is 19.6. The van der Waals surface area contributed by atoms with Crippen LogP contribution in [0.4, 0.5) is 0 Å². The number of nitrogens with two attached hydrogens (primary N) is 1. The van der Waals surface area contributed by atoms with Crippen LogP contribution in [-0.4, -0.2) is 19.4 Å². The van der Waals surface area contributed by atoms with Crippen molar-refractivity contribution in [2.75, 3.05) is 13.7 Å². The summed E-state index contributed by atoms with van der Waals surface area (Å²) in [6, 6.07) is 8.16. The Morgan fingerprint density at radius 1 is 1.53 bits per heavy atom. The molecule has 80 valence electrons. The molecule has 0 saturated heterocycles. The monoisotopic (exact) mass is 205 g/mol. The van der Waals surface area contributed by atoms with Crippen molar-refractivity contribution in [3.8, 4) is 5.75 Å². The third-order valence-corrected chi connectivity index (χ3v) is 2.57. The van der Waals surface area contributed by atoms with Gasteiger partial charge in [-0.2, -0.15) is 5.10 Å². The number of nitrogens with one attached hydrogen (secondary N) is 1. The molecular formula is C11H15N3O. The van der Waals surface area contributed by atoms with Gasteiger partial charge in [-0.25, -0.2) is 0 Å². The van der Waals surface area contributed by atoms with E-state index in [-0.39, 0.29) is 6.04 Å². The molecule has 0 aliphatic carbocycles. The lowest BCUT2D eigenvalue weighted by Crippen LogP contribution is -2.13. The highest BCUT2D eigenvalue weighted by molar-refractivity contribution is 5.88. The van der Waals surface area contributed by atoms with Gasteiger partial charge in [0.05, 0.1) is 18.9 Å². The van der Waals surface area contributed by atoms with E-state index in [1.807, 2.05) is 24.3 Å². The van der Waals surface area contributed by atoms with Crippen molar-refractivity contribution in [3.63, 3.8) is 0 Å². The summed E-state index contributed by atoms with van der Waals surface area (Å²) < 4.78 is 5.30. The molecule has 4 nitrogen and oxygen atoms in total. The van der Waals surface area contributed by atoms with Crippen LogP contribution >= 0.6 is 0 Å². The van der Waals surface area contributed by atoms with Crippen LogP contribution < -0.4 is 15.9 Å². The van der Waals surface area contributed by atoms with Gasteiger partial charge in [0.1, 0.15) is 5.75 Å². The van der Waals surface area contributed by atoms with Crippen LogP contribution in [0.25, 0.3) is 0 Å². The van der Waals surface area contributed by atoms with E-state index in [2.05, 4.69) is 10.5 Å². The van der Waals surface area contributed by atoms with E-state index in [1.165, 1.54) is 0 Å². The first-order chi connectivity index (χ1) is 7.35. The molecule has 15 heavy (non-hydrogen) atoms. The van der Waals surface area contributed by atoms with Gasteiger partial charge in [-0.3, -0.25) is 0 Å². The Kier molecular flexibility index (Phi) is 2.87. The smallest absolute Gasteiger partial charge is 0.124 e. The Bertz CT molecular complexity index is 376. The maximum Gasteiger partial charge on any atom is 0.124 e. The Morgan fingerprint density at radius 2 is 2.33 bits per heavy atom. The average Bonchev–Trinajstić information content (AvgIpc) is 2.77. The number of hydrogen-bond donors (Lipinski definition) is 2. The van der Waals surface area contributed by atoms with Gasteiger partial charge >= 0.3 is 0 Å². The molecule has 0 bridgehead atoms. The lowest BCUT2D eigenvalue weighted by atomic mass is 10.0. The molecular weight excluding hydrogens is 190 g/mol. The Balaban J connectivity index is 2.18. The number of nitrogens with zero attached hydrogens (tertiary/aromatic N) is 1. The minimum absolute atomic E-state index is 0.194. The summed E-state index contributed by atoms with van der Waals surface area (Å²) in [7, 11) is 1.68. The van der Waals surface area contributed by atoms with Crippen LogP contribution in [0.15, 0.2) is 29.4 Å². The van der Waals surface area contributed by atoms with Crippen LogP contribution in [-0.2, 0) is 0 Å². The van der Waals surface area contributed by atoms with Gasteiger partial charge in [0.25, 0.3) is 0 Å². The van der Waals surface area contributed by atoms with Gasteiger partial charge in [0.2, 0.25) is 0 Å². The minimum Gasteiger partial charge on any atom is -0.496 e. The van der Waals surface area contributed by atoms with E-state index in [9.17, 15) is 0 Å². The summed E-state index contributed by atoms with van der Waals surface area (Å²) in [5.41, 5.74) is 10.8. The van der Waals surface area contributed by atoms with E-state index < -0.39 is 0 Å². The van der Waals surface area contributed by atoms with E-state index in [0.717, 1.165) is 23.4 Å². The molecule has 0 amide bonds. The number of benzene rings is 1. The van der Waals surface area contributed by atoms with Crippen molar-refractivity contribution >= 4 is 5.71 Å². The van der Waals surface area contributed by atoms with Gasteiger partial charge in [0, 0.05) is 18.5 Å². The SMILES string of the molecule is COc1ccccc1C1CC(CN)=NN1. The fourth-order valence-corrected chi connectivity index (χ4v) is 1.76. The maximum absolute atomic E-state index is 5.54. The molecule has 1 aromatic carbocycles. The molecule has 0 radical (unpaired) electrons. The van der Waals surface area contributed by atoms with E-state index in [0.29, 0.717) is 6.54 Å². The van der Waals surface area contributed by atoms with E-state index >= 15 is 0 Å². The predicted molar refractivity (Wildman–Crippen MR) is 60.0 cm³/mol. The summed E-state index contributed by atoms with van der Waals surface area (Å²) >= 11 is 0. The largest absolute Gasteiger partial charge is 0.496 e.